The maximum Gasteiger partial charge on any atom is 0.318 e. The fourth-order valence-electron chi connectivity index (χ4n) is 7.82. The van der Waals surface area contributed by atoms with Gasteiger partial charge in [-0.15, -0.1) is 6.42 Å². The third kappa shape index (κ3) is 5.95. The Balaban J connectivity index is 0.000000404. The van der Waals surface area contributed by atoms with Gasteiger partial charge in [0.15, 0.2) is 11.6 Å². The lowest BCUT2D eigenvalue weighted by Crippen LogP contribution is -2.44. The summed E-state index contributed by atoms with van der Waals surface area (Å²) in [5, 5.41) is 11.3. The van der Waals surface area contributed by atoms with Gasteiger partial charge in [-0.05, 0) is 81.8 Å². The predicted octanol–water partition coefficient (Wildman–Crippen LogP) is 7.98. The summed E-state index contributed by atoms with van der Waals surface area (Å²) in [5.41, 5.74) is 6.63. The minimum Gasteiger partial charge on any atom is -0.508 e. The molecule has 2 saturated heterocycles. The molecule has 0 radical (unpaired) electrons. The molecule has 2 aromatic heterocycles. The number of nitrogen functional groups attached to an aromatic ring is 1. The third-order valence-corrected chi connectivity index (χ3v) is 10.8. The van der Waals surface area contributed by atoms with Crippen LogP contribution in [0.4, 0.5) is 24.8 Å². The molecule has 0 saturated carbocycles. The number of pyridine rings is 1. The van der Waals surface area contributed by atoms with E-state index in [2.05, 4.69) is 25.8 Å². The number of ether oxygens (including phenoxy) is 2. The number of anilines is 2. The number of halogens is 4. The fraction of sp³-hybridized carbons (Fsp3) is 0.359. The van der Waals surface area contributed by atoms with E-state index in [-0.39, 0.29) is 67.6 Å². The van der Waals surface area contributed by atoms with Crippen LogP contribution < -0.4 is 20.1 Å². The van der Waals surface area contributed by atoms with Gasteiger partial charge in [0.1, 0.15) is 41.0 Å². The highest BCUT2D eigenvalue weighted by molar-refractivity contribution is 6.37. The number of benzene rings is 3. The first-order chi connectivity index (χ1) is 24.9. The van der Waals surface area contributed by atoms with E-state index in [9.17, 15) is 13.9 Å². The third-order valence-electron chi connectivity index (χ3n) is 10.5. The van der Waals surface area contributed by atoms with Crippen LogP contribution in [0.1, 0.15) is 57.2 Å². The molecular formula is C39H38ClF3N6O3. The van der Waals surface area contributed by atoms with E-state index < -0.39 is 23.9 Å². The number of fused-ring (bicyclic) bond motifs is 2. The van der Waals surface area contributed by atoms with Crippen molar-refractivity contribution in [1.29, 1.82) is 0 Å². The average molecular weight is 731 g/mol. The monoisotopic (exact) mass is 730 g/mol. The number of phenols is 1. The lowest BCUT2D eigenvalue weighted by Gasteiger charge is -2.37. The van der Waals surface area contributed by atoms with Crippen LogP contribution in [0.15, 0.2) is 42.6 Å². The normalized spacial score (nSPS) is 21.6. The summed E-state index contributed by atoms with van der Waals surface area (Å²) >= 11 is 7.02. The second kappa shape index (κ2) is 13.9. The highest BCUT2D eigenvalue weighted by atomic mass is 35.5. The number of nitrogens with two attached hydrogens (primary N) is 1. The first kappa shape index (κ1) is 35.4. The summed E-state index contributed by atoms with van der Waals surface area (Å²) in [6, 6.07) is 8.76. The SMILES string of the molecule is C#Cc1c(F)ccc2cc(O)cc(-c3c(Cl)c4c5c(nc(OC)nc5c3F)N(C(C)c3cccnc3N)C(C)C(C)O4)c12.FC1CC2CCCN2C1. The van der Waals surface area contributed by atoms with Gasteiger partial charge in [0.05, 0.1) is 35.2 Å². The molecule has 5 aromatic rings. The van der Waals surface area contributed by atoms with E-state index in [1.54, 1.807) is 12.3 Å². The van der Waals surface area contributed by atoms with Crippen LogP contribution in [-0.2, 0) is 0 Å². The molecule has 13 heteroatoms. The van der Waals surface area contributed by atoms with Gasteiger partial charge < -0.3 is 25.2 Å². The summed E-state index contributed by atoms with van der Waals surface area (Å²) < 4.78 is 56.3. The molecule has 5 unspecified atom stereocenters. The molecule has 3 aliphatic heterocycles. The number of aromatic hydroxyl groups is 1. The zero-order valence-corrected chi connectivity index (χ0v) is 29.9. The van der Waals surface area contributed by atoms with Crippen LogP contribution >= 0.6 is 11.6 Å². The number of phenolic OH excluding ortho intramolecular Hbond substituents is 1. The van der Waals surface area contributed by atoms with E-state index in [1.807, 2.05) is 31.7 Å². The molecule has 0 spiro atoms. The molecule has 5 heterocycles. The molecule has 9 nitrogen and oxygen atoms in total. The molecule has 3 N–H and O–H groups in total. The van der Waals surface area contributed by atoms with E-state index in [0.29, 0.717) is 29.6 Å². The lowest BCUT2D eigenvalue weighted by molar-refractivity contribution is 0.193. The van der Waals surface area contributed by atoms with Gasteiger partial charge in [-0.2, -0.15) is 9.97 Å². The van der Waals surface area contributed by atoms with Crippen molar-refractivity contribution in [3.05, 3.63) is 70.4 Å². The van der Waals surface area contributed by atoms with Crippen molar-refractivity contribution in [3.63, 3.8) is 0 Å². The van der Waals surface area contributed by atoms with Crippen LogP contribution in [0.3, 0.4) is 0 Å². The summed E-state index contributed by atoms with van der Waals surface area (Å²) in [6.45, 7) is 7.59. The molecule has 52 heavy (non-hydrogen) atoms. The average Bonchev–Trinajstić information content (AvgIpc) is 3.68. The van der Waals surface area contributed by atoms with Crippen LogP contribution in [0.25, 0.3) is 32.8 Å². The number of alkyl halides is 1. The van der Waals surface area contributed by atoms with E-state index in [4.69, 9.17) is 33.2 Å². The Morgan fingerprint density at radius 2 is 1.96 bits per heavy atom. The van der Waals surface area contributed by atoms with Gasteiger partial charge in [-0.25, -0.2) is 18.2 Å². The lowest BCUT2D eigenvalue weighted by atomic mass is 9.92. The van der Waals surface area contributed by atoms with Crippen molar-refractivity contribution >= 4 is 44.9 Å². The molecule has 8 rings (SSSR count). The second-order valence-electron chi connectivity index (χ2n) is 13.5. The number of nitrogens with zero attached hydrogens (tertiary/aromatic N) is 5. The summed E-state index contributed by atoms with van der Waals surface area (Å²) in [7, 11) is 1.38. The van der Waals surface area contributed by atoms with Crippen LogP contribution in [0, 0.1) is 24.0 Å². The Hall–Kier alpha value is -4.99. The van der Waals surface area contributed by atoms with Gasteiger partial charge in [-0.3, -0.25) is 4.90 Å². The summed E-state index contributed by atoms with van der Waals surface area (Å²) in [5.74, 6) is 1.39. The van der Waals surface area contributed by atoms with Crippen LogP contribution in [0.2, 0.25) is 5.02 Å². The molecule has 0 aliphatic carbocycles. The number of hydrogen-bond donors (Lipinski definition) is 2. The molecular weight excluding hydrogens is 693 g/mol. The standard InChI is InChI=1S/C32H26ClF2N5O3.C7H12FN/c1-6-19-22(34)10-9-17-12-18(41)13-21(23(17)19)24-26(33)29-25-28(27(24)35)38-32(42-5)39-31(25)40(14(2)16(4)43-29)15(3)20-8-7-11-37-30(20)36;8-6-4-7-2-1-3-9(7)5-6/h1,7-16,41H,2-5H3,(H2,36,37);6-7H,1-5H2. The molecule has 0 bridgehead atoms. The molecule has 5 atom stereocenters. The number of terminal acetylenes is 1. The Labute approximate surface area is 304 Å². The first-order valence-corrected chi connectivity index (χ1v) is 17.5. The highest BCUT2D eigenvalue weighted by Gasteiger charge is 2.39. The maximum absolute atomic E-state index is 16.9. The summed E-state index contributed by atoms with van der Waals surface area (Å²) in [4.78, 5) is 17.5. The first-order valence-electron chi connectivity index (χ1n) is 17.2. The van der Waals surface area contributed by atoms with Crippen LogP contribution in [-0.4, -0.2) is 69.5 Å². The van der Waals surface area contributed by atoms with Crippen molar-refractivity contribution < 1.29 is 27.8 Å². The van der Waals surface area contributed by atoms with Crippen molar-refractivity contribution in [1.82, 2.24) is 19.9 Å². The highest BCUT2D eigenvalue weighted by Crippen LogP contribution is 2.52. The molecule has 3 aromatic carbocycles. The minimum atomic E-state index is -0.857. The Bertz CT molecular complexity index is 2240. The fourth-order valence-corrected chi connectivity index (χ4v) is 8.15. The summed E-state index contributed by atoms with van der Waals surface area (Å²) in [6.07, 6.45) is 9.60. The largest absolute Gasteiger partial charge is 0.508 e. The van der Waals surface area contributed by atoms with Gasteiger partial charge in [0, 0.05) is 35.3 Å². The zero-order valence-electron chi connectivity index (χ0n) is 29.1. The molecule has 3 aliphatic rings. The predicted molar refractivity (Wildman–Crippen MR) is 197 cm³/mol. The van der Waals surface area contributed by atoms with Crippen molar-refractivity contribution in [3.8, 4) is 41.0 Å². The minimum absolute atomic E-state index is 0.0733. The van der Waals surface area contributed by atoms with E-state index >= 15 is 4.39 Å². The molecule has 270 valence electrons. The second-order valence-corrected chi connectivity index (χ2v) is 13.9. The molecule has 2 fully saturated rings. The van der Waals surface area contributed by atoms with Gasteiger partial charge in [0.2, 0.25) is 0 Å². The number of hydrogen-bond acceptors (Lipinski definition) is 9. The quantitative estimate of drug-likeness (QED) is 0.178. The van der Waals surface area contributed by atoms with Crippen molar-refractivity contribution in [2.75, 3.05) is 30.8 Å². The Kier molecular flexibility index (Phi) is 9.44. The number of methoxy groups -OCH3 is 1. The van der Waals surface area contributed by atoms with Crippen molar-refractivity contribution in [2.24, 2.45) is 0 Å². The smallest absolute Gasteiger partial charge is 0.318 e. The Morgan fingerprint density at radius 3 is 2.67 bits per heavy atom. The van der Waals surface area contributed by atoms with Crippen molar-refractivity contribution in [2.45, 2.75) is 70.4 Å². The van der Waals surface area contributed by atoms with Gasteiger partial charge in [-0.1, -0.05) is 29.7 Å². The maximum atomic E-state index is 16.9. The van der Waals surface area contributed by atoms with Gasteiger partial charge >= 0.3 is 6.01 Å². The Morgan fingerprint density at radius 1 is 1.17 bits per heavy atom. The zero-order chi connectivity index (χ0) is 37.0. The van der Waals surface area contributed by atoms with E-state index in [1.165, 1.54) is 44.2 Å². The number of aromatic nitrogens is 3. The molecule has 0 amide bonds. The van der Waals surface area contributed by atoms with Gasteiger partial charge in [0.25, 0.3) is 0 Å². The topological polar surface area (TPSA) is 110 Å². The number of rotatable bonds is 4. The van der Waals surface area contributed by atoms with Crippen LogP contribution in [0.5, 0.6) is 17.5 Å². The van der Waals surface area contributed by atoms with E-state index in [0.717, 1.165) is 18.5 Å².